The number of para-hydroxylation sites is 1. The summed E-state index contributed by atoms with van der Waals surface area (Å²) >= 11 is 3.50. The van der Waals surface area contributed by atoms with Crippen molar-refractivity contribution in [3.05, 3.63) is 92.2 Å². The Balaban J connectivity index is 1.71. The standard InChI is InChI=1S/C28H24BrN3O3/c1-16(2)22-13-19(17(3)11-25(22)34-4)15-30-32-27(31-23-8-6-5-7-21(23)28(32)33)26-14-18-12-20(29)9-10-24(18)35-26/h5-16H,1-4H3. The molecule has 0 amide bonds. The molecule has 6 nitrogen and oxygen atoms in total. The molecule has 0 N–H and O–H groups in total. The van der Waals surface area contributed by atoms with E-state index in [0.29, 0.717) is 28.1 Å². The van der Waals surface area contributed by atoms with E-state index >= 15 is 0 Å². The predicted octanol–water partition coefficient (Wildman–Crippen LogP) is 6.89. The number of halogens is 1. The van der Waals surface area contributed by atoms with Crippen LogP contribution in [0.4, 0.5) is 0 Å². The highest BCUT2D eigenvalue weighted by Crippen LogP contribution is 2.30. The van der Waals surface area contributed by atoms with E-state index in [1.165, 1.54) is 4.68 Å². The number of fused-ring (bicyclic) bond motifs is 2. The van der Waals surface area contributed by atoms with Crippen molar-refractivity contribution in [1.82, 2.24) is 9.66 Å². The minimum absolute atomic E-state index is 0.265. The highest BCUT2D eigenvalue weighted by molar-refractivity contribution is 9.10. The van der Waals surface area contributed by atoms with Crippen LogP contribution < -0.4 is 10.3 Å². The Bertz CT molecular complexity index is 1660. The summed E-state index contributed by atoms with van der Waals surface area (Å²) in [5.41, 5.74) is 3.99. The summed E-state index contributed by atoms with van der Waals surface area (Å²) in [4.78, 5) is 18.3. The van der Waals surface area contributed by atoms with Gasteiger partial charge >= 0.3 is 0 Å². The van der Waals surface area contributed by atoms with Crippen LogP contribution in [0.3, 0.4) is 0 Å². The first kappa shape index (κ1) is 23.1. The van der Waals surface area contributed by atoms with Crippen LogP contribution in [0.2, 0.25) is 0 Å². The second-order valence-corrected chi connectivity index (χ2v) is 9.63. The molecule has 0 unspecified atom stereocenters. The van der Waals surface area contributed by atoms with Crippen molar-refractivity contribution < 1.29 is 9.15 Å². The summed E-state index contributed by atoms with van der Waals surface area (Å²) in [6.45, 7) is 6.22. The summed E-state index contributed by atoms with van der Waals surface area (Å²) in [6.07, 6.45) is 1.70. The van der Waals surface area contributed by atoms with Gasteiger partial charge in [-0.1, -0.05) is 41.9 Å². The molecule has 0 aliphatic rings. The number of aryl methyl sites for hydroxylation is 1. The highest BCUT2D eigenvalue weighted by atomic mass is 79.9. The number of nitrogens with zero attached hydrogens (tertiary/aromatic N) is 3. The quantitative estimate of drug-likeness (QED) is 0.232. The molecule has 0 fully saturated rings. The van der Waals surface area contributed by atoms with Gasteiger partial charge in [0.25, 0.3) is 5.56 Å². The maximum absolute atomic E-state index is 13.5. The van der Waals surface area contributed by atoms with E-state index in [-0.39, 0.29) is 11.5 Å². The van der Waals surface area contributed by atoms with Crippen molar-refractivity contribution in [3.63, 3.8) is 0 Å². The molecule has 0 aliphatic heterocycles. The molecule has 0 saturated heterocycles. The molecule has 35 heavy (non-hydrogen) atoms. The van der Waals surface area contributed by atoms with Gasteiger partial charge in [-0.25, -0.2) is 4.98 Å². The zero-order valence-corrected chi connectivity index (χ0v) is 21.5. The molecular formula is C28H24BrN3O3. The summed E-state index contributed by atoms with van der Waals surface area (Å²) in [6, 6.07) is 18.9. The number of rotatable bonds is 5. The number of benzene rings is 3. The van der Waals surface area contributed by atoms with Crippen molar-refractivity contribution in [2.24, 2.45) is 5.10 Å². The molecule has 0 saturated carbocycles. The number of methoxy groups -OCH3 is 1. The summed E-state index contributed by atoms with van der Waals surface area (Å²) in [7, 11) is 1.67. The van der Waals surface area contributed by atoms with E-state index in [2.05, 4.69) is 40.9 Å². The van der Waals surface area contributed by atoms with Gasteiger partial charge in [-0.3, -0.25) is 4.79 Å². The van der Waals surface area contributed by atoms with Crippen LogP contribution in [0.15, 0.2) is 79.4 Å². The van der Waals surface area contributed by atoms with Crippen molar-refractivity contribution in [2.75, 3.05) is 7.11 Å². The SMILES string of the molecule is COc1cc(C)c(C=Nn2c(-c3cc4cc(Br)ccc4o3)nc3ccccc3c2=O)cc1C(C)C. The molecule has 0 radical (unpaired) electrons. The van der Waals surface area contributed by atoms with E-state index in [9.17, 15) is 4.79 Å². The van der Waals surface area contributed by atoms with Crippen LogP contribution in [0.1, 0.15) is 36.5 Å². The van der Waals surface area contributed by atoms with E-state index in [0.717, 1.165) is 32.3 Å². The molecule has 0 spiro atoms. The Kier molecular flexibility index (Phi) is 6.03. The van der Waals surface area contributed by atoms with Crippen LogP contribution >= 0.6 is 15.9 Å². The van der Waals surface area contributed by atoms with Crippen LogP contribution in [0, 0.1) is 6.92 Å². The minimum atomic E-state index is -0.265. The predicted molar refractivity (Wildman–Crippen MR) is 144 cm³/mol. The van der Waals surface area contributed by atoms with Gasteiger partial charge in [0.05, 0.1) is 24.2 Å². The van der Waals surface area contributed by atoms with Crippen molar-refractivity contribution in [3.8, 4) is 17.3 Å². The Morgan fingerprint density at radius 2 is 1.91 bits per heavy atom. The van der Waals surface area contributed by atoms with Crippen LogP contribution in [-0.2, 0) is 0 Å². The van der Waals surface area contributed by atoms with Gasteiger partial charge in [0.2, 0.25) is 5.82 Å². The van der Waals surface area contributed by atoms with E-state index in [1.54, 1.807) is 19.4 Å². The maximum atomic E-state index is 13.5. The first-order chi connectivity index (χ1) is 16.9. The molecule has 0 bridgehead atoms. The van der Waals surface area contributed by atoms with Gasteiger partial charge in [0.1, 0.15) is 11.3 Å². The fourth-order valence-corrected chi connectivity index (χ4v) is 4.50. The van der Waals surface area contributed by atoms with Crippen molar-refractivity contribution in [1.29, 1.82) is 0 Å². The van der Waals surface area contributed by atoms with Gasteiger partial charge in [-0.05, 0) is 78.1 Å². The molecule has 7 heteroatoms. The van der Waals surface area contributed by atoms with E-state index in [4.69, 9.17) is 14.1 Å². The fourth-order valence-electron chi connectivity index (χ4n) is 4.12. The normalized spacial score (nSPS) is 11.8. The van der Waals surface area contributed by atoms with Gasteiger partial charge in [-0.2, -0.15) is 9.78 Å². The maximum Gasteiger partial charge on any atom is 0.282 e. The lowest BCUT2D eigenvalue weighted by Crippen LogP contribution is -2.20. The number of aromatic nitrogens is 2. The first-order valence-corrected chi connectivity index (χ1v) is 12.1. The molecule has 5 aromatic rings. The Morgan fingerprint density at radius 1 is 1.11 bits per heavy atom. The number of ether oxygens (including phenoxy) is 1. The highest BCUT2D eigenvalue weighted by Gasteiger charge is 2.17. The minimum Gasteiger partial charge on any atom is -0.496 e. The van der Waals surface area contributed by atoms with E-state index < -0.39 is 0 Å². The topological polar surface area (TPSA) is 69.6 Å². The van der Waals surface area contributed by atoms with E-state index in [1.807, 2.05) is 55.5 Å². The average molecular weight is 530 g/mol. The summed E-state index contributed by atoms with van der Waals surface area (Å²) in [5, 5.41) is 6.00. The number of hydrogen-bond acceptors (Lipinski definition) is 5. The molecule has 5 rings (SSSR count). The second kappa shape index (κ2) is 9.15. The third kappa shape index (κ3) is 4.28. The lowest BCUT2D eigenvalue weighted by molar-refractivity contribution is 0.407. The molecule has 2 aromatic heterocycles. The third-order valence-corrected chi connectivity index (χ3v) is 6.50. The number of furan rings is 1. The van der Waals surface area contributed by atoms with Crippen LogP contribution in [0.5, 0.6) is 5.75 Å². The largest absolute Gasteiger partial charge is 0.496 e. The molecule has 0 aliphatic carbocycles. The molecule has 0 atom stereocenters. The fraction of sp³-hybridized carbons (Fsp3) is 0.179. The third-order valence-electron chi connectivity index (χ3n) is 6.01. The van der Waals surface area contributed by atoms with Gasteiger partial charge in [0, 0.05) is 9.86 Å². The lowest BCUT2D eigenvalue weighted by Gasteiger charge is -2.14. The molecule has 2 heterocycles. The van der Waals surface area contributed by atoms with Gasteiger partial charge in [-0.15, -0.1) is 0 Å². The Hall–Kier alpha value is -3.71. The van der Waals surface area contributed by atoms with Gasteiger partial charge < -0.3 is 9.15 Å². The van der Waals surface area contributed by atoms with Crippen LogP contribution in [0.25, 0.3) is 33.5 Å². The van der Waals surface area contributed by atoms with Crippen molar-refractivity contribution >= 4 is 44.0 Å². The lowest BCUT2D eigenvalue weighted by atomic mass is 9.97. The zero-order valence-electron chi connectivity index (χ0n) is 19.9. The monoisotopic (exact) mass is 529 g/mol. The van der Waals surface area contributed by atoms with Crippen LogP contribution in [-0.4, -0.2) is 23.0 Å². The molecule has 176 valence electrons. The smallest absolute Gasteiger partial charge is 0.282 e. The average Bonchev–Trinajstić information content (AvgIpc) is 3.26. The van der Waals surface area contributed by atoms with Crippen molar-refractivity contribution in [2.45, 2.75) is 26.7 Å². The summed E-state index contributed by atoms with van der Waals surface area (Å²) < 4.78 is 13.9. The second-order valence-electron chi connectivity index (χ2n) is 8.71. The molecular weight excluding hydrogens is 506 g/mol. The zero-order chi connectivity index (χ0) is 24.7. The molecule has 3 aromatic carbocycles. The number of hydrogen-bond donors (Lipinski definition) is 0. The van der Waals surface area contributed by atoms with Gasteiger partial charge in [0.15, 0.2) is 5.76 Å². The Labute approximate surface area is 211 Å². The first-order valence-electron chi connectivity index (χ1n) is 11.3. The summed E-state index contributed by atoms with van der Waals surface area (Å²) in [5.74, 6) is 1.92. The Morgan fingerprint density at radius 3 is 2.69 bits per heavy atom.